The molecular weight excluding hydrogens is 399 g/mol. The Hall–Kier alpha value is -2.60. The molecule has 3 aromatic rings. The fourth-order valence-electron chi connectivity index (χ4n) is 3.53. The minimum atomic E-state index is -3.87. The molecule has 8 heteroatoms. The minimum Gasteiger partial charge on any atom is -0.399 e. The first-order chi connectivity index (χ1) is 14.0. The molecule has 0 bridgehead atoms. The number of hydrogen-bond donors (Lipinski definition) is 0. The van der Waals surface area contributed by atoms with Crippen molar-refractivity contribution in [2.24, 2.45) is 0 Å². The van der Waals surface area contributed by atoms with Crippen molar-refractivity contribution in [3.63, 3.8) is 0 Å². The van der Waals surface area contributed by atoms with Crippen molar-refractivity contribution in [2.45, 2.75) is 50.7 Å². The summed E-state index contributed by atoms with van der Waals surface area (Å²) in [7, 11) is -4.52. The Morgan fingerprint density at radius 2 is 1.57 bits per heavy atom. The molecule has 6 nitrogen and oxygen atoms in total. The van der Waals surface area contributed by atoms with Crippen LogP contribution in [0.5, 0.6) is 0 Å². The van der Waals surface area contributed by atoms with E-state index in [0.717, 1.165) is 5.56 Å². The highest BCUT2D eigenvalue weighted by atomic mass is 32.2. The summed E-state index contributed by atoms with van der Waals surface area (Å²) < 4.78 is 40.2. The molecule has 0 saturated carbocycles. The summed E-state index contributed by atoms with van der Waals surface area (Å²) >= 11 is 0. The molecule has 1 aliphatic heterocycles. The van der Waals surface area contributed by atoms with E-state index in [0.29, 0.717) is 16.4 Å². The maximum absolute atomic E-state index is 13.3. The normalized spacial score (nSPS) is 17.9. The highest BCUT2D eigenvalue weighted by Crippen LogP contribution is 2.38. The van der Waals surface area contributed by atoms with Crippen LogP contribution in [0.25, 0.3) is 15.7 Å². The quantitative estimate of drug-likeness (QED) is 0.472. The number of benzene rings is 2. The third kappa shape index (κ3) is 3.05. The van der Waals surface area contributed by atoms with E-state index in [1.165, 1.54) is 10.2 Å². The van der Waals surface area contributed by atoms with Crippen LogP contribution in [0.1, 0.15) is 33.3 Å². The Morgan fingerprint density at radius 1 is 0.967 bits per heavy atom. The van der Waals surface area contributed by atoms with Crippen molar-refractivity contribution in [3.8, 4) is 0 Å². The molecule has 0 amide bonds. The second-order valence-corrected chi connectivity index (χ2v) is 10.4. The molecule has 30 heavy (non-hydrogen) atoms. The van der Waals surface area contributed by atoms with Crippen molar-refractivity contribution in [1.82, 2.24) is 3.97 Å². The molecule has 4 rings (SSSR count). The summed E-state index contributed by atoms with van der Waals surface area (Å²) in [5, 5.41) is 0.623. The third-order valence-electron chi connectivity index (χ3n) is 6.03. The highest BCUT2D eigenvalue weighted by Gasteiger charge is 2.52. The summed E-state index contributed by atoms with van der Waals surface area (Å²) in [6.45, 7) is 17.3. The second kappa shape index (κ2) is 6.71. The molecule has 0 N–H and O–H groups in total. The van der Waals surface area contributed by atoms with Gasteiger partial charge in [-0.3, -0.25) is 3.97 Å². The van der Waals surface area contributed by atoms with Gasteiger partial charge in [-0.1, -0.05) is 29.8 Å². The van der Waals surface area contributed by atoms with Crippen molar-refractivity contribution in [3.05, 3.63) is 65.6 Å². The molecule has 1 fully saturated rings. The van der Waals surface area contributed by atoms with E-state index in [-0.39, 0.29) is 10.6 Å². The van der Waals surface area contributed by atoms with E-state index in [1.807, 2.05) is 34.6 Å². The predicted octanol–water partition coefficient (Wildman–Crippen LogP) is 4.04. The zero-order chi connectivity index (χ0) is 21.9. The van der Waals surface area contributed by atoms with Gasteiger partial charge in [-0.25, -0.2) is 13.3 Å². The van der Waals surface area contributed by atoms with E-state index in [1.54, 1.807) is 42.5 Å². The van der Waals surface area contributed by atoms with Gasteiger partial charge in [0.1, 0.15) is 0 Å². The zero-order valence-corrected chi connectivity index (χ0v) is 18.4. The SMILES string of the molecule is [C-]#[N+]c1ccc(B2OC(C)(C)C(C)(C)O2)c2ccn(S(=O)(=O)c3ccc(C)cc3)c12. The van der Waals surface area contributed by atoms with Gasteiger partial charge in [-0.15, -0.1) is 0 Å². The lowest BCUT2D eigenvalue weighted by Crippen LogP contribution is -2.41. The minimum absolute atomic E-state index is 0.169. The van der Waals surface area contributed by atoms with Gasteiger partial charge in [0.05, 0.1) is 28.2 Å². The van der Waals surface area contributed by atoms with Crippen LogP contribution in [0.15, 0.2) is 53.6 Å². The van der Waals surface area contributed by atoms with Crippen LogP contribution in [0.4, 0.5) is 5.69 Å². The molecule has 0 aliphatic carbocycles. The van der Waals surface area contributed by atoms with Crippen LogP contribution in [-0.2, 0) is 19.3 Å². The fourth-order valence-corrected chi connectivity index (χ4v) is 4.89. The lowest BCUT2D eigenvalue weighted by Gasteiger charge is -2.32. The van der Waals surface area contributed by atoms with Gasteiger partial charge >= 0.3 is 7.12 Å². The highest BCUT2D eigenvalue weighted by molar-refractivity contribution is 7.90. The van der Waals surface area contributed by atoms with Crippen molar-refractivity contribution < 1.29 is 17.7 Å². The van der Waals surface area contributed by atoms with Gasteiger partial charge in [0.25, 0.3) is 10.0 Å². The molecule has 0 atom stereocenters. The number of aryl methyl sites for hydroxylation is 1. The van der Waals surface area contributed by atoms with Crippen LogP contribution in [0, 0.1) is 13.5 Å². The summed E-state index contributed by atoms with van der Waals surface area (Å²) in [5.41, 5.74) is 1.20. The van der Waals surface area contributed by atoms with E-state index in [4.69, 9.17) is 15.9 Å². The van der Waals surface area contributed by atoms with Gasteiger partial charge in [0.2, 0.25) is 5.69 Å². The van der Waals surface area contributed by atoms with Gasteiger partial charge in [-0.05, 0) is 63.7 Å². The van der Waals surface area contributed by atoms with Gasteiger partial charge < -0.3 is 9.31 Å². The predicted molar refractivity (Wildman–Crippen MR) is 118 cm³/mol. The van der Waals surface area contributed by atoms with Crippen molar-refractivity contribution >= 4 is 39.2 Å². The van der Waals surface area contributed by atoms with Crippen LogP contribution in [0.3, 0.4) is 0 Å². The fraction of sp³-hybridized carbons (Fsp3) is 0.318. The summed E-state index contributed by atoms with van der Waals surface area (Å²) in [6, 6.07) is 11.8. The molecule has 2 aromatic carbocycles. The summed E-state index contributed by atoms with van der Waals surface area (Å²) in [6.07, 6.45) is 1.49. The monoisotopic (exact) mass is 422 g/mol. The van der Waals surface area contributed by atoms with Crippen molar-refractivity contribution in [2.75, 3.05) is 0 Å². The molecule has 0 radical (unpaired) electrons. The number of hydrogen-bond acceptors (Lipinski definition) is 4. The molecule has 1 aliphatic rings. The smallest absolute Gasteiger partial charge is 0.399 e. The standard InChI is InChI=1S/C22H23BN2O4S/c1-15-7-9-16(10-8-15)30(26,27)25-14-13-17-18(11-12-19(24-6)20(17)25)23-28-21(2,3)22(4,5)29-23/h7-14H,1-5H3. The molecule has 154 valence electrons. The van der Waals surface area contributed by atoms with Crippen LogP contribution < -0.4 is 5.46 Å². The Morgan fingerprint density at radius 3 is 2.13 bits per heavy atom. The van der Waals surface area contributed by atoms with E-state index in [2.05, 4.69) is 4.85 Å². The first-order valence-electron chi connectivity index (χ1n) is 9.67. The van der Waals surface area contributed by atoms with E-state index in [9.17, 15) is 8.42 Å². The Bertz CT molecular complexity index is 1270. The molecular formula is C22H23BN2O4S. The first-order valence-corrected chi connectivity index (χ1v) is 11.1. The second-order valence-electron chi connectivity index (χ2n) is 8.57. The zero-order valence-electron chi connectivity index (χ0n) is 17.6. The number of aromatic nitrogens is 1. The average Bonchev–Trinajstić information content (AvgIpc) is 3.20. The Balaban J connectivity index is 1.90. The summed E-state index contributed by atoms with van der Waals surface area (Å²) in [4.78, 5) is 3.73. The van der Waals surface area contributed by atoms with Crippen LogP contribution in [-0.4, -0.2) is 30.7 Å². The lowest BCUT2D eigenvalue weighted by atomic mass is 9.77. The average molecular weight is 422 g/mol. The molecule has 1 saturated heterocycles. The topological polar surface area (TPSA) is 61.9 Å². The van der Waals surface area contributed by atoms with Gasteiger partial charge in [-0.2, -0.15) is 0 Å². The maximum atomic E-state index is 13.3. The number of fused-ring (bicyclic) bond motifs is 1. The van der Waals surface area contributed by atoms with Crippen LogP contribution in [0.2, 0.25) is 0 Å². The van der Waals surface area contributed by atoms with Crippen LogP contribution >= 0.6 is 0 Å². The van der Waals surface area contributed by atoms with Gasteiger partial charge in [0, 0.05) is 6.20 Å². The lowest BCUT2D eigenvalue weighted by molar-refractivity contribution is 0.00578. The number of nitrogens with zero attached hydrogens (tertiary/aromatic N) is 2. The largest absolute Gasteiger partial charge is 0.495 e. The molecule has 1 aromatic heterocycles. The molecule has 0 spiro atoms. The van der Waals surface area contributed by atoms with E-state index >= 15 is 0 Å². The first kappa shape index (κ1) is 20.7. The molecule has 2 heterocycles. The van der Waals surface area contributed by atoms with Gasteiger partial charge in [0.15, 0.2) is 0 Å². The Labute approximate surface area is 177 Å². The molecule has 0 unspecified atom stereocenters. The van der Waals surface area contributed by atoms with Crippen molar-refractivity contribution in [1.29, 1.82) is 0 Å². The van der Waals surface area contributed by atoms with E-state index < -0.39 is 28.3 Å². The Kier molecular flexibility index (Phi) is 4.62. The third-order valence-corrected chi connectivity index (χ3v) is 7.72. The summed E-state index contributed by atoms with van der Waals surface area (Å²) in [5.74, 6) is 0. The maximum Gasteiger partial charge on any atom is 0.495 e. The number of rotatable bonds is 3.